The lowest BCUT2D eigenvalue weighted by atomic mass is 10.1. The van der Waals surface area contributed by atoms with Gasteiger partial charge in [0.05, 0.1) is 31.9 Å². The third-order valence-corrected chi connectivity index (χ3v) is 8.76. The smallest absolute Gasteiger partial charge is 0.265 e. The van der Waals surface area contributed by atoms with Crippen molar-refractivity contribution in [3.8, 4) is 17.2 Å². The summed E-state index contributed by atoms with van der Waals surface area (Å²) in [4.78, 5) is 28.6. The third-order valence-electron chi connectivity index (χ3n) is 6.54. The van der Waals surface area contributed by atoms with Gasteiger partial charge < -0.3 is 24.4 Å². The summed E-state index contributed by atoms with van der Waals surface area (Å²) in [5.74, 6) is -0.421. The van der Waals surface area contributed by atoms with E-state index >= 15 is 0 Å². The van der Waals surface area contributed by atoms with E-state index < -0.39 is 40.0 Å². The quantitative estimate of drug-likeness (QED) is 0.270. The average Bonchev–Trinajstić information content (AvgIpc) is 2.96. The van der Waals surface area contributed by atoms with Crippen molar-refractivity contribution in [1.82, 2.24) is 10.2 Å². The van der Waals surface area contributed by atoms with Crippen molar-refractivity contribution in [3.05, 3.63) is 76.3 Å². The number of sulfonamides is 1. The number of carbonyl (C=O) groups is 2. The number of nitrogens with zero attached hydrogens (tertiary/aromatic N) is 2. The molecule has 3 rings (SSSR count). The molecular formula is C31H37Cl2N3O7S. The number of carbonyl (C=O) groups excluding carboxylic acids is 2. The van der Waals surface area contributed by atoms with Crippen LogP contribution < -0.4 is 23.8 Å². The van der Waals surface area contributed by atoms with Crippen molar-refractivity contribution in [2.24, 2.45) is 0 Å². The number of rotatable bonds is 12. The highest BCUT2D eigenvalue weighted by Gasteiger charge is 2.35. The van der Waals surface area contributed by atoms with Gasteiger partial charge in [0.15, 0.2) is 11.5 Å². The summed E-state index contributed by atoms with van der Waals surface area (Å²) < 4.78 is 45.6. The van der Waals surface area contributed by atoms with Crippen LogP contribution in [-0.4, -0.2) is 64.6 Å². The molecule has 0 saturated heterocycles. The van der Waals surface area contributed by atoms with Gasteiger partial charge in [-0.25, -0.2) is 8.42 Å². The minimum atomic E-state index is -4.45. The predicted octanol–water partition coefficient (Wildman–Crippen LogP) is 5.55. The second kappa shape index (κ2) is 14.4. The summed E-state index contributed by atoms with van der Waals surface area (Å²) in [6.07, 6.45) is 0. The Balaban J connectivity index is 2.16. The predicted molar refractivity (Wildman–Crippen MR) is 171 cm³/mol. The van der Waals surface area contributed by atoms with Crippen molar-refractivity contribution in [3.63, 3.8) is 0 Å². The number of benzene rings is 3. The van der Waals surface area contributed by atoms with Crippen LogP contribution in [0.4, 0.5) is 5.69 Å². The van der Waals surface area contributed by atoms with Crippen LogP contribution in [0, 0.1) is 0 Å². The maximum atomic E-state index is 14.3. The summed E-state index contributed by atoms with van der Waals surface area (Å²) in [6, 6.07) is 14.4. The molecule has 0 spiro atoms. The highest BCUT2D eigenvalue weighted by Crippen LogP contribution is 2.37. The molecule has 0 saturated carbocycles. The van der Waals surface area contributed by atoms with Crippen molar-refractivity contribution < 1.29 is 32.2 Å². The van der Waals surface area contributed by atoms with E-state index in [1.165, 1.54) is 62.6 Å². The molecule has 0 radical (unpaired) electrons. The van der Waals surface area contributed by atoms with E-state index in [0.717, 1.165) is 4.31 Å². The standard InChI is InChI=1S/C31H37Cl2N3O7S/c1-20(30(38)34-31(2,3)4)35(18-21-9-8-10-22(32)15-21)29(37)19-36(25-16-23(33)11-13-26(25)41-5)44(39,40)24-12-14-27(42-6)28(17-24)43-7/h8-17,20H,18-19H2,1-7H3,(H,34,38)/t20-/m1/s1. The number of hydrogen-bond acceptors (Lipinski definition) is 7. The topological polar surface area (TPSA) is 114 Å². The van der Waals surface area contributed by atoms with Crippen LogP contribution in [0.2, 0.25) is 10.0 Å². The lowest BCUT2D eigenvalue weighted by molar-refractivity contribution is -0.140. The maximum absolute atomic E-state index is 14.3. The van der Waals surface area contributed by atoms with E-state index in [-0.39, 0.29) is 33.6 Å². The highest BCUT2D eigenvalue weighted by molar-refractivity contribution is 7.92. The Morgan fingerprint density at radius 2 is 1.48 bits per heavy atom. The number of nitrogens with one attached hydrogen (secondary N) is 1. The van der Waals surface area contributed by atoms with Gasteiger partial charge in [-0.15, -0.1) is 0 Å². The van der Waals surface area contributed by atoms with Crippen LogP contribution >= 0.6 is 23.2 Å². The SMILES string of the molecule is COc1ccc(S(=O)(=O)N(CC(=O)N(Cc2cccc(Cl)c2)[C@H](C)C(=O)NC(C)(C)C)c2cc(Cl)ccc2OC)cc1OC. The average molecular weight is 667 g/mol. The van der Waals surface area contributed by atoms with E-state index in [1.807, 2.05) is 20.8 Å². The van der Waals surface area contributed by atoms with Crippen LogP contribution in [0.5, 0.6) is 17.2 Å². The molecule has 0 aliphatic rings. The normalized spacial score (nSPS) is 12.2. The van der Waals surface area contributed by atoms with Crippen LogP contribution in [0.3, 0.4) is 0 Å². The van der Waals surface area contributed by atoms with Crippen LogP contribution in [0.15, 0.2) is 65.6 Å². The first-order chi connectivity index (χ1) is 20.6. The van der Waals surface area contributed by atoms with Gasteiger partial charge in [0, 0.05) is 28.2 Å². The fourth-order valence-electron chi connectivity index (χ4n) is 4.36. The highest BCUT2D eigenvalue weighted by atomic mass is 35.5. The zero-order chi connectivity index (χ0) is 32.8. The molecule has 44 heavy (non-hydrogen) atoms. The minimum absolute atomic E-state index is 0.0188. The second-order valence-corrected chi connectivity index (χ2v) is 13.6. The number of anilines is 1. The molecule has 13 heteroatoms. The lowest BCUT2D eigenvalue weighted by Gasteiger charge is -2.33. The summed E-state index contributed by atoms with van der Waals surface area (Å²) in [7, 11) is -0.267. The number of ether oxygens (including phenoxy) is 3. The molecule has 1 N–H and O–H groups in total. The molecule has 238 valence electrons. The Morgan fingerprint density at radius 3 is 2.07 bits per heavy atom. The van der Waals surface area contributed by atoms with Gasteiger partial charge in [-0.05, 0) is 75.7 Å². The molecule has 2 amide bonds. The largest absolute Gasteiger partial charge is 0.495 e. The molecule has 0 aliphatic carbocycles. The van der Waals surface area contributed by atoms with Crippen LogP contribution in [-0.2, 0) is 26.2 Å². The second-order valence-electron chi connectivity index (χ2n) is 10.9. The zero-order valence-corrected chi connectivity index (χ0v) is 28.0. The van der Waals surface area contributed by atoms with Gasteiger partial charge in [0.2, 0.25) is 11.8 Å². The molecule has 0 unspecified atom stereocenters. The molecule has 0 fully saturated rings. The number of halogens is 2. The minimum Gasteiger partial charge on any atom is -0.495 e. The lowest BCUT2D eigenvalue weighted by Crippen LogP contribution is -2.54. The third kappa shape index (κ3) is 8.49. The first-order valence-corrected chi connectivity index (χ1v) is 15.7. The van der Waals surface area contributed by atoms with Gasteiger partial charge in [-0.3, -0.25) is 13.9 Å². The molecule has 0 aliphatic heterocycles. The summed E-state index contributed by atoms with van der Waals surface area (Å²) in [5, 5.41) is 3.55. The molecular weight excluding hydrogens is 629 g/mol. The van der Waals surface area contributed by atoms with Gasteiger partial charge in [0.1, 0.15) is 18.3 Å². The van der Waals surface area contributed by atoms with Gasteiger partial charge in [-0.1, -0.05) is 35.3 Å². The summed E-state index contributed by atoms with van der Waals surface area (Å²) >= 11 is 12.5. The Hall–Kier alpha value is -3.67. The zero-order valence-electron chi connectivity index (χ0n) is 25.7. The Labute approximate surface area is 268 Å². The van der Waals surface area contributed by atoms with Gasteiger partial charge in [-0.2, -0.15) is 0 Å². The first kappa shape index (κ1) is 34.8. The van der Waals surface area contributed by atoms with Crippen molar-refractivity contribution in [1.29, 1.82) is 0 Å². The van der Waals surface area contributed by atoms with Crippen LogP contribution in [0.1, 0.15) is 33.3 Å². The van der Waals surface area contributed by atoms with Crippen molar-refractivity contribution >= 4 is 50.7 Å². The fourth-order valence-corrected chi connectivity index (χ4v) is 6.18. The Bertz CT molecular complexity index is 1610. The molecule has 1 atom stereocenters. The Kier molecular flexibility index (Phi) is 11.4. The monoisotopic (exact) mass is 665 g/mol. The van der Waals surface area contributed by atoms with E-state index in [1.54, 1.807) is 31.2 Å². The van der Waals surface area contributed by atoms with Gasteiger partial charge >= 0.3 is 0 Å². The fraction of sp³-hybridized carbons (Fsp3) is 0.355. The molecule has 3 aromatic rings. The Morgan fingerprint density at radius 1 is 0.864 bits per heavy atom. The molecule has 0 heterocycles. The van der Waals surface area contributed by atoms with E-state index in [4.69, 9.17) is 37.4 Å². The van der Waals surface area contributed by atoms with E-state index in [0.29, 0.717) is 16.3 Å². The van der Waals surface area contributed by atoms with Crippen molar-refractivity contribution in [2.75, 3.05) is 32.2 Å². The van der Waals surface area contributed by atoms with Crippen molar-refractivity contribution in [2.45, 2.75) is 50.7 Å². The number of hydrogen-bond donors (Lipinski definition) is 1. The molecule has 10 nitrogen and oxygen atoms in total. The molecule has 0 aromatic heterocycles. The van der Waals surface area contributed by atoms with Crippen LogP contribution in [0.25, 0.3) is 0 Å². The van der Waals surface area contributed by atoms with Gasteiger partial charge in [0.25, 0.3) is 10.0 Å². The molecule has 3 aromatic carbocycles. The first-order valence-electron chi connectivity index (χ1n) is 13.6. The molecule has 0 bridgehead atoms. The maximum Gasteiger partial charge on any atom is 0.265 e. The van der Waals surface area contributed by atoms with E-state index in [9.17, 15) is 18.0 Å². The summed E-state index contributed by atoms with van der Waals surface area (Å²) in [6.45, 7) is 6.34. The number of methoxy groups -OCH3 is 3. The van der Waals surface area contributed by atoms with E-state index in [2.05, 4.69) is 5.32 Å². The summed E-state index contributed by atoms with van der Waals surface area (Å²) in [5.41, 5.74) is 0.0982. The number of amides is 2.